The van der Waals surface area contributed by atoms with Crippen molar-refractivity contribution in [2.45, 2.75) is 13.8 Å². The number of aromatic nitrogens is 2. The topological polar surface area (TPSA) is 127 Å². The van der Waals surface area contributed by atoms with E-state index in [1.165, 1.54) is 0 Å². The molecule has 2 heterocycles. The molecule has 1 fully saturated rings. The van der Waals surface area contributed by atoms with Crippen LogP contribution in [0.2, 0.25) is 0 Å². The molecule has 0 radical (unpaired) electrons. The van der Waals surface area contributed by atoms with Gasteiger partial charge in [-0.3, -0.25) is 0 Å². The van der Waals surface area contributed by atoms with Crippen LogP contribution in [0, 0.1) is 0 Å². The highest BCUT2D eigenvalue weighted by atomic mass is 16.5. The summed E-state index contributed by atoms with van der Waals surface area (Å²) in [6, 6.07) is 13.9. The van der Waals surface area contributed by atoms with Crippen LogP contribution in [0.25, 0.3) is 11.4 Å². The van der Waals surface area contributed by atoms with Crippen molar-refractivity contribution in [3.63, 3.8) is 0 Å². The normalized spacial score (nSPS) is 13.0. The minimum atomic E-state index is -0.581. The smallest absolute Gasteiger partial charge is 0.361 e. The van der Waals surface area contributed by atoms with Crippen LogP contribution in [-0.4, -0.2) is 93.6 Å². The molecule has 4 rings (SSSR count). The summed E-state index contributed by atoms with van der Waals surface area (Å²) in [7, 11) is 3.97. The van der Waals surface area contributed by atoms with E-state index in [4.69, 9.17) is 23.9 Å². The molecule has 0 atom stereocenters. The largest absolute Gasteiger partial charge is 0.492 e. The molecule has 224 valence electrons. The van der Waals surface area contributed by atoms with Gasteiger partial charge < -0.3 is 39.4 Å². The first-order valence-electron chi connectivity index (χ1n) is 14.0. The molecule has 0 bridgehead atoms. The lowest BCUT2D eigenvalue weighted by atomic mass is 10.2. The van der Waals surface area contributed by atoms with Crippen molar-refractivity contribution in [3.8, 4) is 22.9 Å². The van der Waals surface area contributed by atoms with Gasteiger partial charge in [-0.05, 0) is 76.5 Å². The lowest BCUT2D eigenvalue weighted by molar-refractivity contribution is 0.0514. The first-order valence-corrected chi connectivity index (χ1v) is 14.0. The average molecular weight is 579 g/mol. The lowest BCUT2D eigenvalue weighted by Crippen LogP contribution is -2.37. The Kier molecular flexibility index (Phi) is 10.9. The van der Waals surface area contributed by atoms with E-state index in [2.05, 4.69) is 15.6 Å². The van der Waals surface area contributed by atoms with Crippen LogP contribution in [0.5, 0.6) is 11.5 Å². The van der Waals surface area contributed by atoms with E-state index < -0.39 is 5.97 Å². The molecule has 1 saturated heterocycles. The zero-order valence-corrected chi connectivity index (χ0v) is 24.5. The highest BCUT2D eigenvalue weighted by Crippen LogP contribution is 2.33. The van der Waals surface area contributed by atoms with E-state index in [9.17, 15) is 9.59 Å². The van der Waals surface area contributed by atoms with Gasteiger partial charge in [-0.2, -0.15) is 0 Å². The van der Waals surface area contributed by atoms with Crippen molar-refractivity contribution < 1.29 is 28.5 Å². The molecule has 42 heavy (non-hydrogen) atoms. The second-order valence-corrected chi connectivity index (χ2v) is 9.63. The summed E-state index contributed by atoms with van der Waals surface area (Å²) in [6.07, 6.45) is 0. The lowest BCUT2D eigenvalue weighted by Gasteiger charge is -2.29. The molecule has 12 nitrogen and oxygen atoms in total. The molecule has 1 aliphatic rings. The Morgan fingerprint density at radius 1 is 0.905 bits per heavy atom. The Labute approximate surface area is 245 Å². The fourth-order valence-electron chi connectivity index (χ4n) is 4.15. The van der Waals surface area contributed by atoms with Crippen LogP contribution < -0.4 is 25.0 Å². The Hall–Kier alpha value is -4.42. The number of hydrogen-bond donors (Lipinski definition) is 2. The van der Waals surface area contributed by atoms with E-state index in [1.54, 1.807) is 43.3 Å². The number of ether oxygens (including phenoxy) is 4. The number of nitrogens with zero attached hydrogens (tertiary/aromatic N) is 4. The summed E-state index contributed by atoms with van der Waals surface area (Å²) in [5.41, 5.74) is 1.94. The maximum atomic E-state index is 12.9. The van der Waals surface area contributed by atoms with Crippen molar-refractivity contribution in [2.75, 3.05) is 82.3 Å². The minimum absolute atomic E-state index is 0.0703. The zero-order chi connectivity index (χ0) is 29.9. The number of esters is 1. The second kappa shape index (κ2) is 15.0. The van der Waals surface area contributed by atoms with Gasteiger partial charge in [0, 0.05) is 36.6 Å². The van der Waals surface area contributed by atoms with Gasteiger partial charge in [-0.15, -0.1) is 0 Å². The number of rotatable bonds is 12. The summed E-state index contributed by atoms with van der Waals surface area (Å²) < 4.78 is 22.3. The number of hydrogen-bond acceptors (Lipinski definition) is 10. The van der Waals surface area contributed by atoms with Crippen LogP contribution in [0.4, 0.5) is 22.0 Å². The fraction of sp³-hybridized carbons (Fsp3) is 0.400. The second-order valence-electron chi connectivity index (χ2n) is 9.63. The number of benzene rings is 2. The molecule has 1 aromatic heterocycles. The van der Waals surface area contributed by atoms with E-state index >= 15 is 0 Å². The summed E-state index contributed by atoms with van der Waals surface area (Å²) >= 11 is 0. The number of amides is 2. The van der Waals surface area contributed by atoms with Gasteiger partial charge in [0.2, 0.25) is 0 Å². The van der Waals surface area contributed by atoms with Gasteiger partial charge in [0.1, 0.15) is 12.4 Å². The Bertz CT molecular complexity index is 1330. The molecular weight excluding hydrogens is 540 g/mol. The molecule has 0 aliphatic carbocycles. The highest BCUT2D eigenvalue weighted by Gasteiger charge is 2.27. The number of likely N-dealkylation sites (N-methyl/N-ethyl adjacent to an activating group) is 1. The van der Waals surface area contributed by atoms with E-state index in [0.717, 1.165) is 12.3 Å². The van der Waals surface area contributed by atoms with Crippen molar-refractivity contribution in [2.24, 2.45) is 0 Å². The molecule has 2 amide bonds. The maximum absolute atomic E-state index is 12.9. The van der Waals surface area contributed by atoms with Gasteiger partial charge in [-0.1, -0.05) is 0 Å². The summed E-state index contributed by atoms with van der Waals surface area (Å²) in [4.78, 5) is 38.9. The van der Waals surface area contributed by atoms with Crippen LogP contribution in [0.15, 0.2) is 48.5 Å². The van der Waals surface area contributed by atoms with E-state index in [1.807, 2.05) is 43.0 Å². The minimum Gasteiger partial charge on any atom is -0.492 e. The predicted molar refractivity (Wildman–Crippen MR) is 161 cm³/mol. The van der Waals surface area contributed by atoms with Crippen LogP contribution in [-0.2, 0) is 9.47 Å². The number of nitrogens with one attached hydrogen (secondary N) is 2. The number of carbonyl (C=O) groups excluding carboxylic acids is 2. The van der Waals surface area contributed by atoms with E-state index in [0.29, 0.717) is 73.8 Å². The molecule has 0 saturated carbocycles. The van der Waals surface area contributed by atoms with Gasteiger partial charge in [-0.25, -0.2) is 19.6 Å². The van der Waals surface area contributed by atoms with Gasteiger partial charge in [0.25, 0.3) is 0 Å². The third kappa shape index (κ3) is 8.30. The molecule has 0 spiro atoms. The molecular formula is C30H38N6O6. The first-order chi connectivity index (χ1) is 20.4. The average Bonchev–Trinajstić information content (AvgIpc) is 2.99. The van der Waals surface area contributed by atoms with Crippen LogP contribution >= 0.6 is 0 Å². The molecule has 0 unspecified atom stereocenters. The maximum Gasteiger partial charge on any atom is 0.361 e. The standard InChI is InChI=1S/C30H38N6O6/c1-5-40-26-25(29(37)41-6-2)33-27(34-28(26)36-16-18-39-19-17-36)21-7-9-22(10-8-21)31-30(38)32-23-11-13-24(14-12-23)42-20-15-35(3)4/h7-14H,5-6,15-20H2,1-4H3,(H2,31,32,38). The van der Waals surface area contributed by atoms with Gasteiger partial charge in [0.05, 0.1) is 26.4 Å². The van der Waals surface area contributed by atoms with Crippen molar-refractivity contribution in [1.29, 1.82) is 0 Å². The van der Waals surface area contributed by atoms with Crippen LogP contribution in [0.3, 0.4) is 0 Å². The number of anilines is 3. The molecule has 2 N–H and O–H groups in total. The highest BCUT2D eigenvalue weighted by molar-refractivity contribution is 6.00. The molecule has 2 aromatic carbocycles. The Balaban J connectivity index is 1.48. The van der Waals surface area contributed by atoms with Crippen molar-refractivity contribution in [1.82, 2.24) is 14.9 Å². The predicted octanol–water partition coefficient (Wildman–Crippen LogP) is 4.14. The third-order valence-corrected chi connectivity index (χ3v) is 6.24. The van der Waals surface area contributed by atoms with Crippen LogP contribution in [0.1, 0.15) is 24.3 Å². The number of carbonyl (C=O) groups is 2. The summed E-state index contributed by atoms with van der Waals surface area (Å²) in [6.45, 7) is 7.79. The Morgan fingerprint density at radius 2 is 1.55 bits per heavy atom. The summed E-state index contributed by atoms with van der Waals surface area (Å²) in [5.74, 6) is 1.31. The monoisotopic (exact) mass is 578 g/mol. The molecule has 12 heteroatoms. The van der Waals surface area contributed by atoms with E-state index in [-0.39, 0.29) is 18.3 Å². The third-order valence-electron chi connectivity index (χ3n) is 6.24. The number of urea groups is 1. The quantitative estimate of drug-likeness (QED) is 0.303. The number of morpholine rings is 1. The van der Waals surface area contributed by atoms with Gasteiger partial charge >= 0.3 is 12.0 Å². The van der Waals surface area contributed by atoms with Gasteiger partial charge in [0.15, 0.2) is 23.1 Å². The first kappa shape index (κ1) is 30.5. The zero-order valence-electron chi connectivity index (χ0n) is 24.5. The summed E-state index contributed by atoms with van der Waals surface area (Å²) in [5, 5.41) is 5.63. The fourth-order valence-corrected chi connectivity index (χ4v) is 4.15. The van der Waals surface area contributed by atoms with Crippen molar-refractivity contribution in [3.05, 3.63) is 54.2 Å². The Morgan fingerprint density at radius 3 is 2.14 bits per heavy atom. The molecule has 1 aliphatic heterocycles. The SMILES string of the molecule is CCOC(=O)c1nc(-c2ccc(NC(=O)Nc3ccc(OCCN(C)C)cc3)cc2)nc(N2CCOCC2)c1OCC. The van der Waals surface area contributed by atoms with Crippen molar-refractivity contribution >= 4 is 29.2 Å². The molecule has 3 aromatic rings.